The van der Waals surface area contributed by atoms with E-state index in [2.05, 4.69) is 4.90 Å². The molecule has 24 heavy (non-hydrogen) atoms. The third-order valence-corrected chi connectivity index (χ3v) is 6.33. The second kappa shape index (κ2) is 6.49. The van der Waals surface area contributed by atoms with Crippen LogP contribution in [-0.2, 0) is 15.1 Å². The van der Waals surface area contributed by atoms with Gasteiger partial charge in [0.05, 0.1) is 0 Å². The van der Waals surface area contributed by atoms with Crippen molar-refractivity contribution < 1.29 is 14.6 Å². The average Bonchev–Trinajstić information content (AvgIpc) is 3.18. The number of hydrogen-bond acceptors (Lipinski definition) is 4. The minimum atomic E-state index is -1.50. The molecule has 1 N–H and O–H groups in total. The molecule has 0 aromatic heterocycles. The first-order valence-corrected chi connectivity index (χ1v) is 9.39. The van der Waals surface area contributed by atoms with Crippen molar-refractivity contribution in [2.45, 2.75) is 50.2 Å². The first kappa shape index (κ1) is 16.1. The van der Waals surface area contributed by atoms with Crippen LogP contribution < -0.4 is 0 Å². The number of aliphatic hydroxyl groups is 1. The molecule has 0 spiro atoms. The van der Waals surface area contributed by atoms with Crippen molar-refractivity contribution in [3.05, 3.63) is 35.9 Å². The zero-order valence-corrected chi connectivity index (χ0v) is 14.2. The quantitative estimate of drug-likeness (QED) is 0.863. The van der Waals surface area contributed by atoms with Gasteiger partial charge in [-0.3, -0.25) is 4.90 Å². The van der Waals surface area contributed by atoms with E-state index in [1.165, 1.54) is 0 Å². The highest BCUT2D eigenvalue weighted by molar-refractivity contribution is 5.81. The van der Waals surface area contributed by atoms with Gasteiger partial charge >= 0.3 is 5.97 Å². The van der Waals surface area contributed by atoms with E-state index in [9.17, 15) is 9.90 Å². The van der Waals surface area contributed by atoms with Gasteiger partial charge in [0.15, 0.2) is 5.60 Å². The Morgan fingerprint density at radius 3 is 2.33 bits per heavy atom. The van der Waals surface area contributed by atoms with Gasteiger partial charge in [-0.25, -0.2) is 4.79 Å². The average molecular weight is 329 g/mol. The van der Waals surface area contributed by atoms with E-state index in [-0.39, 0.29) is 12.0 Å². The normalized spacial score (nSPS) is 32.5. The Balaban J connectivity index is 1.57. The molecule has 130 valence electrons. The zero-order chi connectivity index (χ0) is 16.6. The van der Waals surface area contributed by atoms with Gasteiger partial charge in [-0.05, 0) is 50.3 Å². The summed E-state index contributed by atoms with van der Waals surface area (Å²) in [6.07, 6.45) is 6.08. The molecular weight excluding hydrogens is 302 g/mol. The van der Waals surface area contributed by atoms with E-state index >= 15 is 0 Å². The number of ether oxygens (including phenoxy) is 1. The molecule has 0 radical (unpaired) electrons. The van der Waals surface area contributed by atoms with Gasteiger partial charge in [-0.2, -0.15) is 0 Å². The number of carbonyl (C=O) groups is 1. The maximum atomic E-state index is 13.1. The summed E-state index contributed by atoms with van der Waals surface area (Å²) >= 11 is 0. The van der Waals surface area contributed by atoms with Gasteiger partial charge in [-0.1, -0.05) is 43.2 Å². The maximum absolute atomic E-state index is 13.1. The number of fused-ring (bicyclic) bond motifs is 3. The van der Waals surface area contributed by atoms with Crippen LogP contribution in [0.2, 0.25) is 0 Å². The van der Waals surface area contributed by atoms with Crippen LogP contribution in [0.25, 0.3) is 0 Å². The van der Waals surface area contributed by atoms with Gasteiger partial charge in [0, 0.05) is 12.5 Å². The molecule has 0 unspecified atom stereocenters. The van der Waals surface area contributed by atoms with Crippen molar-refractivity contribution in [1.82, 2.24) is 4.90 Å². The Kier molecular flexibility index (Phi) is 4.35. The standard InChI is InChI=1S/C20H27NO3/c22-19(24-18-14-21-12-10-15(18)11-13-21)20(23,17-8-4-5-9-17)16-6-2-1-3-7-16/h1-3,6-7,15,17-18,23H,4-5,8-14H2/t18-,20-/m1/s1. The highest BCUT2D eigenvalue weighted by Crippen LogP contribution is 2.42. The lowest BCUT2D eigenvalue weighted by atomic mass is 9.79. The fourth-order valence-electron chi connectivity index (χ4n) is 4.83. The summed E-state index contributed by atoms with van der Waals surface area (Å²) in [5, 5.41) is 11.5. The Labute approximate surface area is 143 Å². The van der Waals surface area contributed by atoms with Crippen molar-refractivity contribution in [2.75, 3.05) is 19.6 Å². The topological polar surface area (TPSA) is 49.8 Å². The van der Waals surface area contributed by atoms with E-state index in [0.29, 0.717) is 11.5 Å². The lowest BCUT2D eigenvalue weighted by Crippen LogP contribution is -2.54. The predicted octanol–water partition coefficient (Wildman–Crippen LogP) is 2.70. The third kappa shape index (κ3) is 2.76. The molecule has 3 aliphatic heterocycles. The molecule has 1 saturated carbocycles. The number of esters is 1. The van der Waals surface area contributed by atoms with Crippen molar-refractivity contribution in [2.24, 2.45) is 11.8 Å². The number of carbonyl (C=O) groups excluding carboxylic acids is 1. The van der Waals surface area contributed by atoms with Crippen LogP contribution in [0.3, 0.4) is 0 Å². The van der Waals surface area contributed by atoms with Crippen LogP contribution in [0.1, 0.15) is 44.1 Å². The van der Waals surface area contributed by atoms with Gasteiger partial charge in [-0.15, -0.1) is 0 Å². The van der Waals surface area contributed by atoms with Gasteiger partial charge in [0.25, 0.3) is 0 Å². The minimum Gasteiger partial charge on any atom is -0.458 e. The summed E-state index contributed by atoms with van der Waals surface area (Å²) in [5.74, 6) is -0.00427. The van der Waals surface area contributed by atoms with Crippen LogP contribution in [0.4, 0.5) is 0 Å². The minimum absolute atomic E-state index is 0.0338. The lowest BCUT2D eigenvalue weighted by Gasteiger charge is -2.45. The van der Waals surface area contributed by atoms with Crippen molar-refractivity contribution in [3.63, 3.8) is 0 Å². The lowest BCUT2D eigenvalue weighted by molar-refractivity contribution is -0.188. The molecule has 4 nitrogen and oxygen atoms in total. The highest BCUT2D eigenvalue weighted by atomic mass is 16.6. The first-order valence-electron chi connectivity index (χ1n) is 9.39. The molecular formula is C20H27NO3. The summed E-state index contributed by atoms with van der Waals surface area (Å²) in [6, 6.07) is 9.40. The summed E-state index contributed by atoms with van der Waals surface area (Å²) < 4.78 is 5.93. The molecule has 0 amide bonds. The Morgan fingerprint density at radius 1 is 1.08 bits per heavy atom. The fourth-order valence-corrected chi connectivity index (χ4v) is 4.83. The number of piperidine rings is 3. The van der Waals surface area contributed by atoms with Crippen LogP contribution in [0, 0.1) is 11.8 Å². The third-order valence-electron chi connectivity index (χ3n) is 6.33. The predicted molar refractivity (Wildman–Crippen MR) is 91.3 cm³/mol. The molecule has 4 heteroatoms. The van der Waals surface area contributed by atoms with Crippen molar-refractivity contribution in [3.8, 4) is 0 Å². The zero-order valence-electron chi connectivity index (χ0n) is 14.2. The number of hydrogen-bond donors (Lipinski definition) is 1. The van der Waals surface area contributed by atoms with Crippen LogP contribution in [0.5, 0.6) is 0 Å². The number of rotatable bonds is 4. The number of nitrogens with zero attached hydrogens (tertiary/aromatic N) is 1. The Morgan fingerprint density at radius 2 is 1.75 bits per heavy atom. The fraction of sp³-hybridized carbons (Fsp3) is 0.650. The van der Waals surface area contributed by atoms with Crippen molar-refractivity contribution >= 4 is 5.97 Å². The van der Waals surface area contributed by atoms with Crippen molar-refractivity contribution in [1.29, 1.82) is 0 Å². The largest absolute Gasteiger partial charge is 0.458 e. The van der Waals surface area contributed by atoms with Crippen LogP contribution in [-0.4, -0.2) is 41.7 Å². The summed E-state index contributed by atoms with van der Waals surface area (Å²) in [7, 11) is 0. The van der Waals surface area contributed by atoms with E-state index < -0.39 is 11.6 Å². The molecule has 1 aliphatic carbocycles. The molecule has 4 aliphatic rings. The molecule has 3 heterocycles. The molecule has 1 aromatic rings. The summed E-state index contributed by atoms with van der Waals surface area (Å²) in [6.45, 7) is 3.06. The van der Waals surface area contributed by atoms with Gasteiger partial charge in [0.2, 0.25) is 0 Å². The maximum Gasteiger partial charge on any atom is 0.343 e. The first-order chi connectivity index (χ1) is 11.7. The smallest absolute Gasteiger partial charge is 0.343 e. The molecule has 3 saturated heterocycles. The second-order valence-electron chi connectivity index (χ2n) is 7.70. The Bertz CT molecular complexity index is 576. The molecule has 1 aromatic carbocycles. The van der Waals surface area contributed by atoms with Crippen LogP contribution >= 0.6 is 0 Å². The van der Waals surface area contributed by atoms with Gasteiger partial charge in [0.1, 0.15) is 6.10 Å². The van der Waals surface area contributed by atoms with Crippen LogP contribution in [0.15, 0.2) is 30.3 Å². The second-order valence-corrected chi connectivity index (χ2v) is 7.70. The molecule has 5 rings (SSSR count). The van der Waals surface area contributed by atoms with Gasteiger partial charge < -0.3 is 9.84 Å². The molecule has 4 fully saturated rings. The van der Waals surface area contributed by atoms with E-state index in [1.807, 2.05) is 30.3 Å². The molecule has 2 bridgehead atoms. The SMILES string of the molecule is O=C(O[C@@H]1CN2CCC1CC2)[C@@](O)(c1ccccc1)C1CCCC1. The van der Waals surface area contributed by atoms with E-state index in [1.54, 1.807) is 0 Å². The Hall–Kier alpha value is -1.39. The summed E-state index contributed by atoms with van der Waals surface area (Å²) in [4.78, 5) is 15.5. The number of benzene rings is 1. The summed E-state index contributed by atoms with van der Waals surface area (Å²) in [5.41, 5.74) is -0.813. The molecule has 2 atom stereocenters. The monoisotopic (exact) mass is 329 g/mol. The van der Waals surface area contributed by atoms with E-state index in [0.717, 1.165) is 58.2 Å². The highest BCUT2D eigenvalue weighted by Gasteiger charge is 2.49. The van der Waals surface area contributed by atoms with E-state index in [4.69, 9.17) is 4.74 Å².